The molecule has 1 aliphatic heterocycles. The second kappa shape index (κ2) is 6.11. The summed E-state index contributed by atoms with van der Waals surface area (Å²) >= 11 is 0. The van der Waals surface area contributed by atoms with Gasteiger partial charge >= 0.3 is 24.2 Å². The molecule has 0 aromatic rings. The van der Waals surface area contributed by atoms with Crippen LogP contribution in [0.1, 0.15) is 32.6 Å². The Balaban J connectivity index is 2.15. The summed E-state index contributed by atoms with van der Waals surface area (Å²) in [4.78, 5) is 24.4. The fourth-order valence-electron chi connectivity index (χ4n) is 3.22. The van der Waals surface area contributed by atoms with Gasteiger partial charge in [0.25, 0.3) is 0 Å². The van der Waals surface area contributed by atoms with E-state index in [1.165, 1.54) is 0 Å². The number of alkyl halides is 6. The third-order valence-electron chi connectivity index (χ3n) is 4.61. The average Bonchev–Trinajstić information content (AvgIpc) is 3.24. The lowest BCUT2D eigenvalue weighted by molar-refractivity contribution is -0.213. The van der Waals surface area contributed by atoms with Crippen LogP contribution in [-0.2, 0) is 14.3 Å². The van der Waals surface area contributed by atoms with Gasteiger partial charge in [0, 0.05) is 12.6 Å². The second-order valence-electron chi connectivity index (χ2n) is 6.50. The molecule has 2 aliphatic rings. The van der Waals surface area contributed by atoms with Crippen molar-refractivity contribution in [1.82, 2.24) is 4.90 Å². The van der Waals surface area contributed by atoms with Crippen LogP contribution in [0.5, 0.6) is 0 Å². The largest absolute Gasteiger partial charge is 0.449 e. The Labute approximate surface area is 134 Å². The van der Waals surface area contributed by atoms with Gasteiger partial charge in [-0.3, -0.25) is 4.79 Å². The molecule has 0 aromatic carbocycles. The molecule has 2 fully saturated rings. The number of piperidine rings is 1. The fourth-order valence-corrected chi connectivity index (χ4v) is 3.22. The molecule has 2 rings (SSSR count). The molecule has 1 amide bonds. The Bertz CT molecular complexity index is 512. The highest BCUT2D eigenvalue weighted by Gasteiger charge is 2.69. The van der Waals surface area contributed by atoms with Crippen molar-refractivity contribution in [3.8, 4) is 0 Å². The first kappa shape index (κ1) is 18.9. The van der Waals surface area contributed by atoms with Crippen molar-refractivity contribution in [3.63, 3.8) is 0 Å². The molecule has 138 valence electrons. The normalized spacial score (nSPS) is 26.9. The highest BCUT2D eigenvalue weighted by Crippen LogP contribution is 2.62. The minimum atomic E-state index is -4.81. The summed E-state index contributed by atoms with van der Waals surface area (Å²) in [5, 5.41) is 0. The quantitative estimate of drug-likeness (QED) is 0.431. The first-order chi connectivity index (χ1) is 10.9. The van der Waals surface area contributed by atoms with E-state index in [0.717, 1.165) is 4.90 Å². The molecule has 1 heterocycles. The average molecular weight is 361 g/mol. The highest BCUT2D eigenvalue weighted by atomic mass is 19.4. The van der Waals surface area contributed by atoms with Crippen molar-refractivity contribution >= 4 is 11.9 Å². The molecular weight excluding hydrogens is 344 g/mol. The first-order valence-corrected chi connectivity index (χ1v) is 7.48. The van der Waals surface area contributed by atoms with E-state index in [9.17, 15) is 35.9 Å². The molecule has 4 nitrogen and oxygen atoms in total. The first-order valence-electron chi connectivity index (χ1n) is 7.48. The van der Waals surface area contributed by atoms with Crippen LogP contribution in [-0.4, -0.2) is 48.3 Å². The number of nitrogens with zero attached hydrogens (tertiary/aromatic N) is 1. The van der Waals surface area contributed by atoms with Gasteiger partial charge in [-0.15, -0.1) is 0 Å². The zero-order chi connectivity index (χ0) is 18.3. The SMILES string of the molecule is C[C@H]1CC[C@H](C2(C(F)(F)F)CC2)N(C(=O)C(=O)OCC(F)(F)F)C1. The summed E-state index contributed by atoms with van der Waals surface area (Å²) < 4.78 is 80.0. The van der Waals surface area contributed by atoms with Crippen LogP contribution in [0.3, 0.4) is 0 Å². The van der Waals surface area contributed by atoms with Crippen LogP contribution < -0.4 is 0 Å². The van der Waals surface area contributed by atoms with E-state index >= 15 is 0 Å². The van der Waals surface area contributed by atoms with E-state index in [-0.39, 0.29) is 31.7 Å². The van der Waals surface area contributed by atoms with Gasteiger partial charge < -0.3 is 9.64 Å². The number of carbonyl (C=O) groups is 2. The van der Waals surface area contributed by atoms with Crippen LogP contribution in [0.2, 0.25) is 0 Å². The summed E-state index contributed by atoms with van der Waals surface area (Å²) in [6.07, 6.45) is -9.16. The minimum absolute atomic E-state index is 0.0545. The maximum Gasteiger partial charge on any atom is 0.422 e. The summed E-state index contributed by atoms with van der Waals surface area (Å²) in [6, 6.07) is -1.24. The van der Waals surface area contributed by atoms with Gasteiger partial charge in [-0.25, -0.2) is 4.79 Å². The molecule has 1 saturated carbocycles. The Hall–Kier alpha value is -1.48. The van der Waals surface area contributed by atoms with E-state index in [1.807, 2.05) is 0 Å². The van der Waals surface area contributed by atoms with E-state index in [1.54, 1.807) is 6.92 Å². The maximum atomic E-state index is 13.3. The summed E-state index contributed by atoms with van der Waals surface area (Å²) in [5.41, 5.74) is -2.06. The zero-order valence-corrected chi connectivity index (χ0v) is 12.8. The fraction of sp³-hybridized carbons (Fsp3) is 0.857. The van der Waals surface area contributed by atoms with Crippen LogP contribution in [0.25, 0.3) is 0 Å². The van der Waals surface area contributed by atoms with Gasteiger partial charge in [0.1, 0.15) is 0 Å². The van der Waals surface area contributed by atoms with Crippen molar-refractivity contribution in [2.24, 2.45) is 11.3 Å². The summed E-state index contributed by atoms with van der Waals surface area (Å²) in [7, 11) is 0. The summed E-state index contributed by atoms with van der Waals surface area (Å²) in [5.74, 6) is -3.36. The second-order valence-corrected chi connectivity index (χ2v) is 6.50. The van der Waals surface area contributed by atoms with Crippen molar-refractivity contribution in [1.29, 1.82) is 0 Å². The lowest BCUT2D eigenvalue weighted by Gasteiger charge is -2.43. The number of hydrogen-bond acceptors (Lipinski definition) is 3. The Morgan fingerprint density at radius 2 is 1.71 bits per heavy atom. The molecule has 0 N–H and O–H groups in total. The third-order valence-corrected chi connectivity index (χ3v) is 4.61. The van der Waals surface area contributed by atoms with Gasteiger partial charge in [0.2, 0.25) is 0 Å². The van der Waals surface area contributed by atoms with Crippen LogP contribution in [0.15, 0.2) is 0 Å². The number of ether oxygens (including phenoxy) is 1. The molecule has 0 unspecified atom stereocenters. The topological polar surface area (TPSA) is 46.6 Å². The molecule has 0 radical (unpaired) electrons. The lowest BCUT2D eigenvalue weighted by Crippen LogP contribution is -2.56. The Morgan fingerprint density at radius 1 is 1.12 bits per heavy atom. The van der Waals surface area contributed by atoms with Crippen molar-refractivity contribution in [2.75, 3.05) is 13.2 Å². The monoisotopic (exact) mass is 361 g/mol. The van der Waals surface area contributed by atoms with Gasteiger partial charge in [-0.1, -0.05) is 6.92 Å². The molecule has 10 heteroatoms. The highest BCUT2D eigenvalue weighted by molar-refractivity contribution is 6.32. The van der Waals surface area contributed by atoms with Crippen molar-refractivity contribution in [3.05, 3.63) is 0 Å². The summed E-state index contributed by atoms with van der Waals surface area (Å²) in [6.45, 7) is -0.358. The van der Waals surface area contributed by atoms with E-state index < -0.39 is 42.3 Å². The molecule has 1 aliphatic carbocycles. The van der Waals surface area contributed by atoms with Crippen LogP contribution in [0.4, 0.5) is 26.3 Å². The van der Waals surface area contributed by atoms with Crippen LogP contribution in [0, 0.1) is 11.3 Å². The van der Waals surface area contributed by atoms with Crippen LogP contribution >= 0.6 is 0 Å². The number of amides is 1. The lowest BCUT2D eigenvalue weighted by atomic mass is 9.83. The molecular formula is C14H17F6NO3. The molecule has 0 spiro atoms. The Morgan fingerprint density at radius 3 is 2.17 bits per heavy atom. The smallest absolute Gasteiger partial charge is 0.422 e. The maximum absolute atomic E-state index is 13.3. The predicted octanol–water partition coefficient (Wildman–Crippen LogP) is 3.06. The zero-order valence-electron chi connectivity index (χ0n) is 12.8. The molecule has 1 saturated heterocycles. The Kier molecular flexibility index (Phi) is 4.80. The predicted molar refractivity (Wildman–Crippen MR) is 68.6 cm³/mol. The number of likely N-dealkylation sites (tertiary alicyclic amines) is 1. The van der Waals surface area contributed by atoms with E-state index in [2.05, 4.69) is 4.74 Å². The standard InChI is InChI=1S/C14H17F6NO3/c1-8-2-3-9(12(4-5-12)14(18,19)20)21(6-8)10(22)11(23)24-7-13(15,16)17/h8-9H,2-7H2,1H3/t8-,9+/m0/s1. The number of halogens is 6. The van der Waals surface area contributed by atoms with Gasteiger partial charge in [-0.2, -0.15) is 26.3 Å². The van der Waals surface area contributed by atoms with Gasteiger partial charge in [0.05, 0.1) is 5.41 Å². The van der Waals surface area contributed by atoms with Gasteiger partial charge in [-0.05, 0) is 31.6 Å². The number of hydrogen-bond donors (Lipinski definition) is 0. The van der Waals surface area contributed by atoms with Gasteiger partial charge in [0.15, 0.2) is 6.61 Å². The molecule has 2 atom stereocenters. The van der Waals surface area contributed by atoms with Crippen molar-refractivity contribution in [2.45, 2.75) is 51.0 Å². The van der Waals surface area contributed by atoms with Crippen molar-refractivity contribution < 1.29 is 40.7 Å². The third kappa shape index (κ3) is 3.77. The molecule has 0 aromatic heterocycles. The number of esters is 1. The minimum Gasteiger partial charge on any atom is -0.449 e. The van der Waals surface area contributed by atoms with E-state index in [4.69, 9.17) is 0 Å². The molecule has 0 bridgehead atoms. The number of rotatable bonds is 2. The molecule has 24 heavy (non-hydrogen) atoms. The number of carbonyl (C=O) groups excluding carboxylic acids is 2. The van der Waals surface area contributed by atoms with E-state index in [0.29, 0.717) is 6.42 Å².